The molecule has 1 saturated carbocycles. The molecule has 0 aromatic heterocycles. The van der Waals surface area contributed by atoms with E-state index < -0.39 is 0 Å². The number of benzene rings is 1. The SMILES string of the molecule is CCN(CCN1CCN(C(=O)Nc2ccc(C(C)C)cc2)CC1)CC1=CCC2CC1C2(C)C. The summed E-state index contributed by atoms with van der Waals surface area (Å²) in [6.45, 7) is 19.5. The van der Waals surface area contributed by atoms with Crippen molar-refractivity contribution in [3.05, 3.63) is 41.5 Å². The molecule has 0 spiro atoms. The van der Waals surface area contributed by atoms with Crippen molar-refractivity contribution in [3.63, 3.8) is 0 Å². The third kappa shape index (κ3) is 5.46. The molecule has 5 heteroatoms. The molecule has 1 N–H and O–H groups in total. The molecule has 2 atom stereocenters. The van der Waals surface area contributed by atoms with Crippen molar-refractivity contribution >= 4 is 11.7 Å². The number of urea groups is 1. The molecule has 0 radical (unpaired) electrons. The molecule has 1 aromatic carbocycles. The summed E-state index contributed by atoms with van der Waals surface area (Å²) in [6.07, 6.45) is 5.23. The number of hydrogen-bond acceptors (Lipinski definition) is 3. The zero-order chi connectivity index (χ0) is 23.6. The third-order valence-electron chi connectivity index (χ3n) is 8.66. The lowest BCUT2D eigenvalue weighted by Gasteiger charge is -2.57. The van der Waals surface area contributed by atoms with Gasteiger partial charge in [-0.05, 0) is 60.3 Å². The second kappa shape index (κ2) is 10.2. The predicted octanol–water partition coefficient (Wildman–Crippen LogP) is 5.27. The molecule has 2 unspecified atom stereocenters. The summed E-state index contributed by atoms with van der Waals surface area (Å²) in [5.41, 5.74) is 4.37. The molecule has 2 amide bonds. The Morgan fingerprint density at radius 2 is 1.85 bits per heavy atom. The molecular formula is C28H44N4O. The Morgan fingerprint density at radius 3 is 2.42 bits per heavy atom. The van der Waals surface area contributed by atoms with Crippen LogP contribution in [0.2, 0.25) is 0 Å². The molecule has 1 aromatic rings. The molecule has 5 rings (SSSR count). The fourth-order valence-electron chi connectivity index (χ4n) is 5.87. The number of piperazine rings is 1. The minimum absolute atomic E-state index is 0.0211. The maximum Gasteiger partial charge on any atom is 0.321 e. The van der Waals surface area contributed by atoms with Crippen LogP contribution in [0.15, 0.2) is 35.9 Å². The molecule has 2 bridgehead atoms. The number of likely N-dealkylation sites (N-methyl/N-ethyl adjacent to an activating group) is 1. The number of allylic oxidation sites excluding steroid dienone is 1. The fourth-order valence-corrected chi connectivity index (χ4v) is 5.87. The van der Waals surface area contributed by atoms with Crippen LogP contribution in [0.1, 0.15) is 58.9 Å². The van der Waals surface area contributed by atoms with Crippen molar-refractivity contribution in [1.82, 2.24) is 14.7 Å². The van der Waals surface area contributed by atoms with Crippen LogP contribution >= 0.6 is 0 Å². The Balaban J connectivity index is 1.19. The highest BCUT2D eigenvalue weighted by molar-refractivity contribution is 5.89. The molecule has 33 heavy (non-hydrogen) atoms. The smallest absolute Gasteiger partial charge is 0.321 e. The number of carbonyl (C=O) groups excluding carboxylic acids is 1. The van der Waals surface area contributed by atoms with Gasteiger partial charge in [0.1, 0.15) is 0 Å². The van der Waals surface area contributed by atoms with Crippen molar-refractivity contribution < 1.29 is 4.79 Å². The van der Waals surface area contributed by atoms with Crippen LogP contribution in [-0.4, -0.2) is 73.1 Å². The first-order valence-corrected chi connectivity index (χ1v) is 13.1. The number of amides is 2. The van der Waals surface area contributed by atoms with Crippen LogP contribution in [0.3, 0.4) is 0 Å². The molecule has 1 saturated heterocycles. The molecule has 1 aliphatic heterocycles. The zero-order valence-corrected chi connectivity index (χ0v) is 21.4. The minimum Gasteiger partial charge on any atom is -0.322 e. The van der Waals surface area contributed by atoms with E-state index in [-0.39, 0.29) is 6.03 Å². The monoisotopic (exact) mass is 452 g/mol. The normalized spacial score (nSPS) is 24.6. The minimum atomic E-state index is 0.0211. The van der Waals surface area contributed by atoms with Crippen molar-refractivity contribution in [2.75, 3.05) is 57.7 Å². The number of rotatable bonds is 8. The summed E-state index contributed by atoms with van der Waals surface area (Å²) in [4.78, 5) is 19.8. The molecule has 1 heterocycles. The Morgan fingerprint density at radius 1 is 1.15 bits per heavy atom. The summed E-state index contributed by atoms with van der Waals surface area (Å²) in [5.74, 6) is 2.21. The zero-order valence-electron chi connectivity index (χ0n) is 21.4. The highest BCUT2D eigenvalue weighted by Crippen LogP contribution is 2.59. The summed E-state index contributed by atoms with van der Waals surface area (Å²) < 4.78 is 0. The van der Waals surface area contributed by atoms with E-state index in [1.54, 1.807) is 5.57 Å². The second-order valence-electron chi connectivity index (χ2n) is 11.2. The van der Waals surface area contributed by atoms with Crippen LogP contribution in [0.4, 0.5) is 10.5 Å². The lowest BCUT2D eigenvalue weighted by molar-refractivity contribution is -0.0108. The van der Waals surface area contributed by atoms with Gasteiger partial charge < -0.3 is 10.2 Å². The number of nitrogens with one attached hydrogen (secondary N) is 1. The van der Waals surface area contributed by atoms with E-state index in [4.69, 9.17) is 0 Å². The highest BCUT2D eigenvalue weighted by atomic mass is 16.2. The van der Waals surface area contributed by atoms with E-state index in [1.165, 1.54) is 18.4 Å². The first-order chi connectivity index (χ1) is 15.8. The molecule has 2 fully saturated rings. The standard InChI is InChI=1S/C28H44N4O/c1-6-30(20-23-7-10-24-19-26(23)28(24,4)5)13-14-31-15-17-32(18-16-31)27(33)29-25-11-8-22(9-12-25)21(2)3/h7-9,11-12,21,24,26H,6,10,13-20H2,1-5H3,(H,29,33). The number of hydrogen-bond donors (Lipinski definition) is 1. The topological polar surface area (TPSA) is 38.8 Å². The van der Waals surface area contributed by atoms with E-state index in [0.29, 0.717) is 11.3 Å². The van der Waals surface area contributed by atoms with Crippen LogP contribution in [0.25, 0.3) is 0 Å². The third-order valence-corrected chi connectivity index (χ3v) is 8.66. The molecule has 182 valence electrons. The predicted molar refractivity (Wildman–Crippen MR) is 138 cm³/mol. The van der Waals surface area contributed by atoms with Gasteiger partial charge in [-0.15, -0.1) is 0 Å². The fraction of sp³-hybridized carbons (Fsp3) is 0.679. The summed E-state index contributed by atoms with van der Waals surface area (Å²) in [5, 5.41) is 3.07. The lowest BCUT2D eigenvalue weighted by atomic mass is 9.49. The Kier molecular flexibility index (Phi) is 7.49. The van der Waals surface area contributed by atoms with Gasteiger partial charge in [0, 0.05) is 51.5 Å². The van der Waals surface area contributed by atoms with Gasteiger partial charge in [-0.25, -0.2) is 4.79 Å². The number of nitrogens with zero attached hydrogens (tertiary/aromatic N) is 3. The van der Waals surface area contributed by atoms with Crippen molar-refractivity contribution in [2.45, 2.75) is 53.4 Å². The van der Waals surface area contributed by atoms with Gasteiger partial charge in [0.15, 0.2) is 0 Å². The maximum atomic E-state index is 12.7. The molecule has 5 nitrogen and oxygen atoms in total. The van der Waals surface area contributed by atoms with Gasteiger partial charge in [-0.3, -0.25) is 9.80 Å². The van der Waals surface area contributed by atoms with E-state index in [0.717, 1.165) is 69.9 Å². The van der Waals surface area contributed by atoms with Crippen molar-refractivity contribution in [1.29, 1.82) is 0 Å². The van der Waals surface area contributed by atoms with Crippen molar-refractivity contribution in [2.24, 2.45) is 17.3 Å². The average molecular weight is 453 g/mol. The number of carbonyl (C=O) groups is 1. The first kappa shape index (κ1) is 24.3. The van der Waals surface area contributed by atoms with Gasteiger partial charge in [0.05, 0.1) is 0 Å². The summed E-state index contributed by atoms with van der Waals surface area (Å²) >= 11 is 0. The first-order valence-electron chi connectivity index (χ1n) is 13.1. The van der Waals surface area contributed by atoms with Gasteiger partial charge in [-0.1, -0.05) is 58.4 Å². The maximum absolute atomic E-state index is 12.7. The lowest BCUT2D eigenvalue weighted by Crippen LogP contribution is -2.52. The quantitative estimate of drug-likeness (QED) is 0.546. The van der Waals surface area contributed by atoms with E-state index in [2.05, 4.69) is 67.9 Å². The molecule has 4 aliphatic rings. The summed E-state index contributed by atoms with van der Waals surface area (Å²) in [7, 11) is 0. The van der Waals surface area contributed by atoms with Gasteiger partial charge >= 0.3 is 6.03 Å². The van der Waals surface area contributed by atoms with Gasteiger partial charge in [0.25, 0.3) is 0 Å². The highest BCUT2D eigenvalue weighted by Gasteiger charge is 2.51. The Hall–Kier alpha value is -1.85. The average Bonchev–Trinajstić information content (AvgIpc) is 2.82. The molecule has 3 aliphatic carbocycles. The van der Waals surface area contributed by atoms with E-state index in [9.17, 15) is 4.79 Å². The van der Waals surface area contributed by atoms with Crippen LogP contribution in [-0.2, 0) is 0 Å². The van der Waals surface area contributed by atoms with Crippen molar-refractivity contribution in [3.8, 4) is 0 Å². The van der Waals surface area contributed by atoms with E-state index in [1.807, 2.05) is 17.0 Å². The van der Waals surface area contributed by atoms with Crippen LogP contribution in [0, 0.1) is 17.3 Å². The Labute approximate surface area is 201 Å². The summed E-state index contributed by atoms with van der Waals surface area (Å²) in [6, 6.07) is 8.24. The molecular weight excluding hydrogens is 408 g/mol. The van der Waals surface area contributed by atoms with Crippen LogP contribution < -0.4 is 5.32 Å². The number of anilines is 1. The van der Waals surface area contributed by atoms with Gasteiger partial charge in [0.2, 0.25) is 0 Å². The van der Waals surface area contributed by atoms with E-state index >= 15 is 0 Å². The number of fused-ring (bicyclic) bond motifs is 1. The Bertz CT molecular complexity index is 836. The van der Waals surface area contributed by atoms with Crippen LogP contribution in [0.5, 0.6) is 0 Å². The second-order valence-corrected chi connectivity index (χ2v) is 11.2. The van der Waals surface area contributed by atoms with Gasteiger partial charge in [-0.2, -0.15) is 0 Å². The largest absolute Gasteiger partial charge is 0.322 e.